The van der Waals surface area contributed by atoms with E-state index in [9.17, 15) is 4.79 Å². The number of amides is 1. The number of ether oxygens (including phenoxy) is 1. The molecule has 0 unspecified atom stereocenters. The summed E-state index contributed by atoms with van der Waals surface area (Å²) in [7, 11) is 1.73. The van der Waals surface area contributed by atoms with E-state index in [-0.39, 0.29) is 12.5 Å². The number of nitrogens with zero attached hydrogens (tertiary/aromatic N) is 2. The molecule has 0 spiro atoms. The number of carbonyl (C=O) groups excluding carboxylic acids is 1. The first kappa shape index (κ1) is 17.6. The normalized spacial score (nSPS) is 9.88. The minimum Gasteiger partial charge on any atom is -0.492 e. The molecule has 0 saturated carbocycles. The lowest BCUT2D eigenvalue weighted by molar-refractivity contribution is -0.128. The number of rotatable bonds is 7. The zero-order chi connectivity index (χ0) is 17.4. The van der Waals surface area contributed by atoms with E-state index >= 15 is 0 Å². The van der Waals surface area contributed by atoms with E-state index in [0.29, 0.717) is 29.5 Å². The lowest BCUT2D eigenvalue weighted by Gasteiger charge is -2.18. The molecule has 0 aromatic heterocycles. The molecular formula is C18H18ClN3O2. The van der Waals surface area contributed by atoms with Crippen LogP contribution < -0.4 is 10.1 Å². The van der Waals surface area contributed by atoms with Crippen molar-refractivity contribution in [2.45, 2.75) is 0 Å². The van der Waals surface area contributed by atoms with Crippen molar-refractivity contribution >= 4 is 23.2 Å². The second kappa shape index (κ2) is 8.80. The van der Waals surface area contributed by atoms with Crippen molar-refractivity contribution in [2.24, 2.45) is 0 Å². The van der Waals surface area contributed by atoms with Gasteiger partial charge in [-0.1, -0.05) is 17.7 Å². The van der Waals surface area contributed by atoms with E-state index < -0.39 is 0 Å². The van der Waals surface area contributed by atoms with Crippen LogP contribution in [0, 0.1) is 11.3 Å². The maximum Gasteiger partial charge on any atom is 0.241 e. The van der Waals surface area contributed by atoms with Gasteiger partial charge in [-0.15, -0.1) is 0 Å². The fourth-order valence-electron chi connectivity index (χ4n) is 1.96. The lowest BCUT2D eigenvalue weighted by Crippen LogP contribution is -2.35. The zero-order valence-corrected chi connectivity index (χ0v) is 14.1. The van der Waals surface area contributed by atoms with Crippen LogP contribution in [0.1, 0.15) is 5.56 Å². The van der Waals surface area contributed by atoms with Crippen LogP contribution in [0.25, 0.3) is 0 Å². The molecule has 0 bridgehead atoms. The third kappa shape index (κ3) is 5.49. The Morgan fingerprint density at radius 2 is 2.04 bits per heavy atom. The summed E-state index contributed by atoms with van der Waals surface area (Å²) in [6, 6.07) is 16.1. The molecule has 0 aliphatic carbocycles. The van der Waals surface area contributed by atoms with Gasteiger partial charge in [0.1, 0.15) is 12.4 Å². The third-order valence-corrected chi connectivity index (χ3v) is 3.61. The van der Waals surface area contributed by atoms with Gasteiger partial charge in [0.05, 0.1) is 24.7 Å². The number of benzene rings is 2. The molecule has 124 valence electrons. The van der Waals surface area contributed by atoms with Crippen molar-refractivity contribution in [3.8, 4) is 11.8 Å². The summed E-state index contributed by atoms with van der Waals surface area (Å²) in [5, 5.41) is 12.4. The number of anilines is 1. The molecule has 2 rings (SSSR count). The summed E-state index contributed by atoms with van der Waals surface area (Å²) in [6.07, 6.45) is 0. The summed E-state index contributed by atoms with van der Waals surface area (Å²) < 4.78 is 5.57. The third-order valence-electron chi connectivity index (χ3n) is 3.38. The van der Waals surface area contributed by atoms with Crippen molar-refractivity contribution in [1.82, 2.24) is 4.90 Å². The molecule has 0 saturated heterocycles. The molecule has 0 atom stereocenters. The van der Waals surface area contributed by atoms with E-state index in [1.165, 1.54) is 0 Å². The van der Waals surface area contributed by atoms with Gasteiger partial charge in [0.15, 0.2) is 0 Å². The van der Waals surface area contributed by atoms with Crippen molar-refractivity contribution in [3.05, 3.63) is 59.1 Å². The van der Waals surface area contributed by atoms with Gasteiger partial charge in [0.25, 0.3) is 0 Å². The monoisotopic (exact) mass is 343 g/mol. The first-order chi connectivity index (χ1) is 11.6. The Hall–Kier alpha value is -2.71. The first-order valence-electron chi connectivity index (χ1n) is 7.45. The van der Waals surface area contributed by atoms with Gasteiger partial charge < -0.3 is 15.0 Å². The van der Waals surface area contributed by atoms with Crippen molar-refractivity contribution in [1.29, 1.82) is 5.26 Å². The Morgan fingerprint density at radius 3 is 2.71 bits per heavy atom. The van der Waals surface area contributed by atoms with Gasteiger partial charge in [0, 0.05) is 17.8 Å². The predicted molar refractivity (Wildman–Crippen MR) is 94.2 cm³/mol. The predicted octanol–water partition coefficient (Wildman–Crippen LogP) is 3.16. The molecule has 2 aromatic carbocycles. The van der Waals surface area contributed by atoms with E-state index in [1.807, 2.05) is 12.1 Å². The van der Waals surface area contributed by atoms with Gasteiger partial charge >= 0.3 is 0 Å². The van der Waals surface area contributed by atoms with Gasteiger partial charge in [-0.05, 0) is 42.5 Å². The van der Waals surface area contributed by atoms with Crippen LogP contribution in [0.3, 0.4) is 0 Å². The van der Waals surface area contributed by atoms with Crippen molar-refractivity contribution in [2.75, 3.05) is 32.1 Å². The molecule has 1 N–H and O–H groups in total. The number of nitrogens with one attached hydrogen (secondary N) is 1. The average molecular weight is 344 g/mol. The van der Waals surface area contributed by atoms with Gasteiger partial charge in [0.2, 0.25) is 5.91 Å². The van der Waals surface area contributed by atoms with Crippen LogP contribution in [-0.4, -0.2) is 37.6 Å². The number of hydrogen-bond donors (Lipinski definition) is 1. The summed E-state index contributed by atoms with van der Waals surface area (Å²) in [6.45, 7) is 1.04. The maximum absolute atomic E-state index is 12.1. The molecule has 5 nitrogen and oxygen atoms in total. The van der Waals surface area contributed by atoms with Crippen LogP contribution in [-0.2, 0) is 4.79 Å². The minimum absolute atomic E-state index is 0.0472. The van der Waals surface area contributed by atoms with E-state index in [4.69, 9.17) is 21.6 Å². The molecule has 1 amide bonds. The fraction of sp³-hybridized carbons (Fsp3) is 0.222. The lowest BCUT2D eigenvalue weighted by atomic mass is 10.2. The molecular weight excluding hydrogens is 326 g/mol. The number of halogens is 1. The maximum atomic E-state index is 12.1. The highest BCUT2D eigenvalue weighted by molar-refractivity contribution is 6.30. The first-order valence-corrected chi connectivity index (χ1v) is 7.82. The van der Waals surface area contributed by atoms with Crippen LogP contribution in [0.4, 0.5) is 5.69 Å². The van der Waals surface area contributed by atoms with Gasteiger partial charge in [-0.3, -0.25) is 4.79 Å². The Balaban J connectivity index is 1.72. The van der Waals surface area contributed by atoms with Crippen LogP contribution in [0.5, 0.6) is 5.75 Å². The highest BCUT2D eigenvalue weighted by atomic mass is 35.5. The molecule has 0 heterocycles. The SMILES string of the molecule is CN(CCOc1cccc(Cl)c1)C(=O)CNc1ccc(C#N)cc1. The standard InChI is InChI=1S/C18H18ClN3O2/c1-22(9-10-24-17-4-2-3-15(19)11-17)18(23)13-21-16-7-5-14(12-20)6-8-16/h2-8,11,21H,9-10,13H2,1H3. The molecule has 24 heavy (non-hydrogen) atoms. The minimum atomic E-state index is -0.0472. The van der Waals surface area contributed by atoms with Gasteiger partial charge in [-0.2, -0.15) is 5.26 Å². The van der Waals surface area contributed by atoms with Crippen molar-refractivity contribution < 1.29 is 9.53 Å². The molecule has 2 aromatic rings. The number of hydrogen-bond acceptors (Lipinski definition) is 4. The molecule has 0 aliphatic rings. The number of carbonyl (C=O) groups is 1. The van der Waals surface area contributed by atoms with Crippen LogP contribution >= 0.6 is 11.6 Å². The topological polar surface area (TPSA) is 65.4 Å². The highest BCUT2D eigenvalue weighted by Gasteiger charge is 2.08. The van der Waals surface area contributed by atoms with Crippen LogP contribution in [0.15, 0.2) is 48.5 Å². The Bertz CT molecular complexity index is 726. The zero-order valence-electron chi connectivity index (χ0n) is 13.3. The fourth-order valence-corrected chi connectivity index (χ4v) is 2.14. The number of likely N-dealkylation sites (N-methyl/N-ethyl adjacent to an activating group) is 1. The van der Waals surface area contributed by atoms with E-state index in [0.717, 1.165) is 5.69 Å². The van der Waals surface area contributed by atoms with Crippen LogP contribution in [0.2, 0.25) is 5.02 Å². The smallest absolute Gasteiger partial charge is 0.241 e. The Kier molecular flexibility index (Phi) is 6.47. The Labute approximate surface area is 146 Å². The quantitative estimate of drug-likeness (QED) is 0.838. The number of nitriles is 1. The average Bonchev–Trinajstić information content (AvgIpc) is 2.60. The summed E-state index contributed by atoms with van der Waals surface area (Å²) in [4.78, 5) is 13.7. The summed E-state index contributed by atoms with van der Waals surface area (Å²) in [5.74, 6) is 0.633. The highest BCUT2D eigenvalue weighted by Crippen LogP contribution is 2.16. The second-order valence-electron chi connectivity index (χ2n) is 5.16. The molecule has 6 heteroatoms. The molecule has 0 aliphatic heterocycles. The molecule has 0 radical (unpaired) electrons. The summed E-state index contributed by atoms with van der Waals surface area (Å²) >= 11 is 5.88. The summed E-state index contributed by atoms with van der Waals surface area (Å²) in [5.41, 5.74) is 1.38. The van der Waals surface area contributed by atoms with E-state index in [1.54, 1.807) is 48.3 Å². The van der Waals surface area contributed by atoms with Crippen molar-refractivity contribution in [3.63, 3.8) is 0 Å². The second-order valence-corrected chi connectivity index (χ2v) is 5.60. The Morgan fingerprint density at radius 1 is 1.29 bits per heavy atom. The largest absolute Gasteiger partial charge is 0.492 e. The van der Waals surface area contributed by atoms with Gasteiger partial charge in [-0.25, -0.2) is 0 Å². The molecule has 0 fully saturated rings. The van der Waals surface area contributed by atoms with E-state index in [2.05, 4.69) is 11.4 Å².